The monoisotopic (exact) mass is 450 g/mol. The third-order valence-electron chi connectivity index (χ3n) is 4.11. The summed E-state index contributed by atoms with van der Waals surface area (Å²) in [4.78, 5) is 12.3. The number of carbonyl (C=O) groups is 1. The van der Waals surface area contributed by atoms with Gasteiger partial charge in [0.25, 0.3) is 10.0 Å². The van der Waals surface area contributed by atoms with Crippen LogP contribution in [-0.2, 0) is 24.6 Å². The van der Waals surface area contributed by atoms with Gasteiger partial charge >= 0.3 is 6.09 Å². The zero-order valence-corrected chi connectivity index (χ0v) is 18.5. The number of anilines is 1. The van der Waals surface area contributed by atoms with E-state index in [1.165, 1.54) is 36.5 Å². The highest BCUT2D eigenvalue weighted by molar-refractivity contribution is 7.91. The van der Waals surface area contributed by atoms with Crippen molar-refractivity contribution < 1.29 is 26.4 Å². The molecule has 0 saturated carbocycles. The Kier molecular flexibility index (Phi) is 5.42. The van der Waals surface area contributed by atoms with E-state index in [9.17, 15) is 21.6 Å². The van der Waals surface area contributed by atoms with Gasteiger partial charge in [-0.3, -0.25) is 5.32 Å². The lowest BCUT2D eigenvalue weighted by molar-refractivity contribution is 0.0636. The average molecular weight is 451 g/mol. The van der Waals surface area contributed by atoms with Crippen LogP contribution >= 0.6 is 0 Å². The second-order valence-corrected chi connectivity index (χ2v) is 11.5. The van der Waals surface area contributed by atoms with E-state index in [0.717, 1.165) is 10.2 Å². The number of sulfone groups is 1. The van der Waals surface area contributed by atoms with Crippen LogP contribution in [0.25, 0.3) is 10.9 Å². The molecule has 2 aromatic carbocycles. The molecule has 0 saturated heterocycles. The Balaban J connectivity index is 2.26. The van der Waals surface area contributed by atoms with Crippen LogP contribution in [0.3, 0.4) is 0 Å². The average Bonchev–Trinajstić information content (AvgIpc) is 3.06. The molecule has 30 heavy (non-hydrogen) atoms. The number of rotatable bonds is 4. The van der Waals surface area contributed by atoms with Crippen LogP contribution in [-0.4, -0.2) is 38.8 Å². The van der Waals surface area contributed by atoms with Crippen molar-refractivity contribution in [3.05, 3.63) is 54.7 Å². The van der Waals surface area contributed by atoms with Crippen molar-refractivity contribution in [2.45, 2.75) is 36.2 Å². The fourth-order valence-corrected chi connectivity index (χ4v) is 5.21. The van der Waals surface area contributed by atoms with Gasteiger partial charge < -0.3 is 4.74 Å². The number of carbonyl (C=O) groups excluding carboxylic acids is 1. The summed E-state index contributed by atoms with van der Waals surface area (Å²) < 4.78 is 57.1. The molecule has 1 heterocycles. The third kappa shape index (κ3) is 4.34. The number of amides is 1. The summed E-state index contributed by atoms with van der Waals surface area (Å²) in [6.07, 6.45) is 1.51. The quantitative estimate of drug-likeness (QED) is 0.650. The van der Waals surface area contributed by atoms with E-state index in [4.69, 9.17) is 4.74 Å². The highest BCUT2D eigenvalue weighted by Crippen LogP contribution is 2.33. The van der Waals surface area contributed by atoms with Gasteiger partial charge in [-0.05, 0) is 51.1 Å². The van der Waals surface area contributed by atoms with Crippen molar-refractivity contribution in [3.8, 4) is 0 Å². The molecule has 10 heteroatoms. The van der Waals surface area contributed by atoms with Crippen molar-refractivity contribution in [1.29, 1.82) is 0 Å². The Morgan fingerprint density at radius 2 is 1.60 bits per heavy atom. The minimum Gasteiger partial charge on any atom is -0.444 e. The molecule has 0 spiro atoms. The first-order valence-corrected chi connectivity index (χ1v) is 12.3. The molecule has 0 radical (unpaired) electrons. The molecule has 1 amide bonds. The van der Waals surface area contributed by atoms with E-state index < -0.39 is 31.6 Å². The van der Waals surface area contributed by atoms with Crippen molar-refractivity contribution >= 4 is 42.5 Å². The summed E-state index contributed by atoms with van der Waals surface area (Å²) in [5.74, 6) is 0. The molecule has 1 N–H and O–H groups in total. The lowest BCUT2D eigenvalue weighted by Gasteiger charge is -2.20. The zero-order chi connectivity index (χ0) is 22.3. The van der Waals surface area contributed by atoms with Gasteiger partial charge in [-0.15, -0.1) is 0 Å². The van der Waals surface area contributed by atoms with Gasteiger partial charge in [0.2, 0.25) is 0 Å². The fourth-order valence-electron chi connectivity index (χ4n) is 2.95. The summed E-state index contributed by atoms with van der Waals surface area (Å²) in [5.41, 5.74) is -0.627. The molecule has 0 aliphatic heterocycles. The molecule has 0 aliphatic rings. The van der Waals surface area contributed by atoms with Gasteiger partial charge in [-0.2, -0.15) is 0 Å². The van der Waals surface area contributed by atoms with Gasteiger partial charge in [0.05, 0.1) is 21.0 Å². The van der Waals surface area contributed by atoms with Crippen LogP contribution in [0.2, 0.25) is 0 Å². The maximum atomic E-state index is 13.2. The van der Waals surface area contributed by atoms with E-state index in [0.29, 0.717) is 0 Å². The Morgan fingerprint density at radius 3 is 2.17 bits per heavy atom. The van der Waals surface area contributed by atoms with Gasteiger partial charge in [0, 0.05) is 17.8 Å². The lowest BCUT2D eigenvalue weighted by Crippen LogP contribution is -2.27. The van der Waals surface area contributed by atoms with Crippen LogP contribution in [0.1, 0.15) is 20.8 Å². The standard InChI is InChI=1S/C20H22N2O6S2/c1-20(2,3)28-19(23)21-16-10-11-17(29(4,24)25)15-12-13-22(18(15)16)30(26,27)14-8-6-5-7-9-14/h5-13H,1-4H3,(H,21,23). The molecule has 0 aliphatic carbocycles. The fraction of sp³-hybridized carbons (Fsp3) is 0.250. The number of hydrogen-bond donors (Lipinski definition) is 1. The molecule has 0 fully saturated rings. The Morgan fingerprint density at radius 1 is 0.967 bits per heavy atom. The second-order valence-electron chi connectivity index (χ2n) is 7.70. The second kappa shape index (κ2) is 7.44. The number of hydrogen-bond acceptors (Lipinski definition) is 6. The summed E-state index contributed by atoms with van der Waals surface area (Å²) >= 11 is 0. The molecule has 8 nitrogen and oxygen atoms in total. The highest BCUT2D eigenvalue weighted by atomic mass is 32.2. The molecule has 3 aromatic rings. The van der Waals surface area contributed by atoms with Crippen molar-refractivity contribution in [1.82, 2.24) is 3.97 Å². The van der Waals surface area contributed by atoms with E-state index >= 15 is 0 Å². The Labute approximate surface area is 175 Å². The first kappa shape index (κ1) is 21.8. The van der Waals surface area contributed by atoms with Crippen LogP contribution in [0.5, 0.6) is 0 Å². The van der Waals surface area contributed by atoms with Crippen LogP contribution in [0, 0.1) is 0 Å². The molecule has 0 atom stereocenters. The summed E-state index contributed by atoms with van der Waals surface area (Å²) in [5, 5.41) is 2.70. The maximum Gasteiger partial charge on any atom is 0.412 e. The van der Waals surface area contributed by atoms with Crippen molar-refractivity contribution in [3.63, 3.8) is 0 Å². The largest absolute Gasteiger partial charge is 0.444 e. The summed E-state index contributed by atoms with van der Waals surface area (Å²) in [6.45, 7) is 5.08. The number of aromatic nitrogens is 1. The molecule has 3 rings (SSSR count). The van der Waals surface area contributed by atoms with Crippen LogP contribution < -0.4 is 5.32 Å². The molecule has 0 bridgehead atoms. The van der Waals surface area contributed by atoms with Gasteiger partial charge in [-0.25, -0.2) is 25.6 Å². The Bertz CT molecular complexity index is 1320. The number of fused-ring (bicyclic) bond motifs is 1. The van der Waals surface area contributed by atoms with Gasteiger partial charge in [0.15, 0.2) is 9.84 Å². The summed E-state index contributed by atoms with van der Waals surface area (Å²) in [6, 6.07) is 11.8. The molecule has 0 unspecified atom stereocenters. The predicted molar refractivity (Wildman–Crippen MR) is 114 cm³/mol. The van der Waals surface area contributed by atoms with Gasteiger partial charge in [-0.1, -0.05) is 18.2 Å². The smallest absolute Gasteiger partial charge is 0.412 e. The zero-order valence-electron chi connectivity index (χ0n) is 16.9. The summed E-state index contributed by atoms with van der Waals surface area (Å²) in [7, 11) is -7.70. The van der Waals surface area contributed by atoms with Crippen LogP contribution in [0.4, 0.5) is 10.5 Å². The van der Waals surface area contributed by atoms with E-state index in [2.05, 4.69) is 5.32 Å². The first-order valence-electron chi connectivity index (χ1n) is 8.95. The molecular formula is C20H22N2O6S2. The normalized spacial score (nSPS) is 12.7. The third-order valence-corrected chi connectivity index (χ3v) is 6.95. The van der Waals surface area contributed by atoms with E-state index in [-0.39, 0.29) is 26.4 Å². The number of benzene rings is 2. The SMILES string of the molecule is CC(C)(C)OC(=O)Nc1ccc(S(C)(=O)=O)c2ccn(S(=O)(=O)c3ccccc3)c12. The minimum absolute atomic E-state index is 0.0236. The van der Waals surface area contributed by atoms with Gasteiger partial charge in [0.1, 0.15) is 5.60 Å². The van der Waals surface area contributed by atoms with E-state index in [1.807, 2.05) is 0 Å². The highest BCUT2D eigenvalue weighted by Gasteiger charge is 2.25. The maximum absolute atomic E-state index is 13.2. The topological polar surface area (TPSA) is 112 Å². The molecule has 160 valence electrons. The lowest BCUT2D eigenvalue weighted by atomic mass is 10.2. The molecule has 1 aromatic heterocycles. The number of ether oxygens (including phenoxy) is 1. The first-order chi connectivity index (χ1) is 13.8. The number of nitrogens with zero attached hydrogens (tertiary/aromatic N) is 1. The van der Waals surface area contributed by atoms with Crippen molar-refractivity contribution in [2.75, 3.05) is 11.6 Å². The predicted octanol–water partition coefficient (Wildman–Crippen LogP) is 3.63. The van der Waals surface area contributed by atoms with Crippen LogP contribution in [0.15, 0.2) is 64.5 Å². The molecular weight excluding hydrogens is 428 g/mol. The van der Waals surface area contributed by atoms with Crippen molar-refractivity contribution in [2.24, 2.45) is 0 Å². The van der Waals surface area contributed by atoms with E-state index in [1.54, 1.807) is 39.0 Å². The Hall–Kier alpha value is -2.85. The number of nitrogens with one attached hydrogen (secondary N) is 1. The minimum atomic E-state index is -4.05.